The minimum absolute atomic E-state index is 0.190. The van der Waals surface area contributed by atoms with Crippen LogP contribution < -0.4 is 15.8 Å². The van der Waals surface area contributed by atoms with E-state index in [2.05, 4.69) is 11.9 Å². The zero-order chi connectivity index (χ0) is 16.7. The highest BCUT2D eigenvalue weighted by Gasteiger charge is 2.02. The van der Waals surface area contributed by atoms with E-state index in [-0.39, 0.29) is 5.91 Å². The third kappa shape index (κ3) is 4.74. The van der Waals surface area contributed by atoms with Crippen LogP contribution in [0.3, 0.4) is 0 Å². The second-order valence-electron chi connectivity index (χ2n) is 5.03. The molecule has 0 atom stereocenters. The van der Waals surface area contributed by atoms with Gasteiger partial charge in [-0.1, -0.05) is 36.9 Å². The molecular formula is C19H20N2O2. The fourth-order valence-electron chi connectivity index (χ4n) is 2.01. The summed E-state index contributed by atoms with van der Waals surface area (Å²) >= 11 is 0. The van der Waals surface area contributed by atoms with Gasteiger partial charge in [-0.15, -0.1) is 0 Å². The Balaban J connectivity index is 2.02. The van der Waals surface area contributed by atoms with E-state index >= 15 is 0 Å². The number of aryl methyl sites for hydroxylation is 1. The molecule has 0 saturated carbocycles. The summed E-state index contributed by atoms with van der Waals surface area (Å²) in [4.78, 5) is 12.0. The van der Waals surface area contributed by atoms with E-state index in [0.29, 0.717) is 18.0 Å². The standard InChI is InChI=1S/C19H20N2O2/c1-3-12-23-18-10-8-15(13-16(18)20)9-11-19(22)21-17-7-5-4-6-14(17)2/h3-11,13H,1,12,20H2,2H3,(H,21,22)/b11-9-. The van der Waals surface area contributed by atoms with Crippen molar-refractivity contribution in [3.63, 3.8) is 0 Å². The molecule has 0 aliphatic rings. The Hall–Kier alpha value is -3.01. The lowest BCUT2D eigenvalue weighted by Gasteiger charge is -2.07. The lowest BCUT2D eigenvalue weighted by molar-refractivity contribution is -0.111. The summed E-state index contributed by atoms with van der Waals surface area (Å²) in [5.74, 6) is 0.413. The summed E-state index contributed by atoms with van der Waals surface area (Å²) in [5, 5.41) is 2.84. The predicted octanol–water partition coefficient (Wildman–Crippen LogP) is 3.79. The van der Waals surface area contributed by atoms with Crippen LogP contribution in [0, 0.1) is 6.92 Å². The second kappa shape index (κ2) is 7.84. The Labute approximate surface area is 136 Å². The predicted molar refractivity (Wildman–Crippen MR) is 95.4 cm³/mol. The van der Waals surface area contributed by atoms with E-state index in [1.807, 2.05) is 37.3 Å². The second-order valence-corrected chi connectivity index (χ2v) is 5.03. The van der Waals surface area contributed by atoms with E-state index in [0.717, 1.165) is 16.8 Å². The summed E-state index contributed by atoms with van der Waals surface area (Å²) in [5.41, 5.74) is 9.08. The van der Waals surface area contributed by atoms with E-state index in [4.69, 9.17) is 10.5 Å². The van der Waals surface area contributed by atoms with Crippen molar-refractivity contribution in [3.8, 4) is 5.75 Å². The number of amides is 1. The van der Waals surface area contributed by atoms with E-state index < -0.39 is 0 Å². The van der Waals surface area contributed by atoms with Gasteiger partial charge in [-0.3, -0.25) is 4.79 Å². The molecule has 3 N–H and O–H groups in total. The van der Waals surface area contributed by atoms with Crippen LogP contribution in [0.5, 0.6) is 5.75 Å². The van der Waals surface area contributed by atoms with Crippen molar-refractivity contribution in [1.82, 2.24) is 0 Å². The molecule has 0 bridgehead atoms. The van der Waals surface area contributed by atoms with Crippen LogP contribution in [0.1, 0.15) is 11.1 Å². The van der Waals surface area contributed by atoms with Gasteiger partial charge < -0.3 is 15.8 Å². The molecule has 0 heterocycles. The summed E-state index contributed by atoms with van der Waals surface area (Å²) < 4.78 is 5.41. The average molecular weight is 308 g/mol. The van der Waals surface area contributed by atoms with Crippen LogP contribution in [0.25, 0.3) is 6.08 Å². The highest BCUT2D eigenvalue weighted by molar-refractivity contribution is 6.02. The van der Waals surface area contributed by atoms with Gasteiger partial charge in [0.1, 0.15) is 12.4 Å². The number of carbonyl (C=O) groups excluding carboxylic acids is 1. The van der Waals surface area contributed by atoms with Gasteiger partial charge in [0.15, 0.2) is 0 Å². The summed E-state index contributed by atoms with van der Waals surface area (Å²) in [6.07, 6.45) is 4.84. The van der Waals surface area contributed by atoms with Crippen molar-refractivity contribution in [2.24, 2.45) is 0 Å². The number of nitrogen functional groups attached to an aromatic ring is 1. The summed E-state index contributed by atoms with van der Waals surface area (Å²) in [6, 6.07) is 13.0. The number of para-hydroxylation sites is 1. The Morgan fingerprint density at radius 2 is 2.09 bits per heavy atom. The molecule has 1 amide bonds. The first kappa shape index (κ1) is 16.4. The molecule has 0 aliphatic carbocycles. The average Bonchev–Trinajstić information content (AvgIpc) is 2.54. The number of benzene rings is 2. The van der Waals surface area contributed by atoms with Gasteiger partial charge in [-0.2, -0.15) is 0 Å². The Kier molecular flexibility index (Phi) is 5.58. The zero-order valence-corrected chi connectivity index (χ0v) is 13.1. The van der Waals surface area contributed by atoms with Crippen molar-refractivity contribution >= 4 is 23.4 Å². The van der Waals surface area contributed by atoms with Crippen LogP contribution in [0.4, 0.5) is 11.4 Å². The number of nitrogens with one attached hydrogen (secondary N) is 1. The lowest BCUT2D eigenvalue weighted by atomic mass is 10.1. The van der Waals surface area contributed by atoms with Gasteiger partial charge in [-0.25, -0.2) is 0 Å². The van der Waals surface area contributed by atoms with Crippen LogP contribution in [-0.2, 0) is 4.79 Å². The monoisotopic (exact) mass is 308 g/mol. The van der Waals surface area contributed by atoms with Crippen molar-refractivity contribution in [2.45, 2.75) is 6.92 Å². The van der Waals surface area contributed by atoms with Gasteiger partial charge in [-0.05, 0) is 42.3 Å². The molecule has 118 valence electrons. The molecule has 2 aromatic carbocycles. The first-order valence-electron chi connectivity index (χ1n) is 7.28. The highest BCUT2D eigenvalue weighted by atomic mass is 16.5. The minimum atomic E-state index is -0.190. The van der Waals surface area contributed by atoms with Crippen LogP contribution in [-0.4, -0.2) is 12.5 Å². The molecule has 4 heteroatoms. The van der Waals surface area contributed by atoms with E-state index in [9.17, 15) is 4.79 Å². The third-order valence-corrected chi connectivity index (χ3v) is 3.22. The number of nitrogens with two attached hydrogens (primary N) is 1. The first-order valence-corrected chi connectivity index (χ1v) is 7.28. The largest absolute Gasteiger partial charge is 0.487 e. The van der Waals surface area contributed by atoms with Crippen LogP contribution >= 0.6 is 0 Å². The molecule has 0 spiro atoms. The number of hydrogen-bond acceptors (Lipinski definition) is 3. The van der Waals surface area contributed by atoms with Crippen molar-refractivity contribution in [2.75, 3.05) is 17.7 Å². The van der Waals surface area contributed by atoms with Gasteiger partial charge in [0.25, 0.3) is 0 Å². The topological polar surface area (TPSA) is 64.3 Å². The molecule has 0 aliphatic heterocycles. The van der Waals surface area contributed by atoms with Crippen molar-refractivity contribution in [1.29, 1.82) is 0 Å². The molecule has 0 radical (unpaired) electrons. The number of anilines is 2. The Morgan fingerprint density at radius 1 is 1.30 bits per heavy atom. The smallest absolute Gasteiger partial charge is 0.248 e. The normalized spacial score (nSPS) is 10.5. The third-order valence-electron chi connectivity index (χ3n) is 3.22. The van der Waals surface area contributed by atoms with Crippen molar-refractivity contribution < 1.29 is 9.53 Å². The van der Waals surface area contributed by atoms with Gasteiger partial charge in [0, 0.05) is 11.8 Å². The number of rotatable bonds is 6. The van der Waals surface area contributed by atoms with E-state index in [1.165, 1.54) is 6.08 Å². The lowest BCUT2D eigenvalue weighted by Crippen LogP contribution is -2.08. The van der Waals surface area contributed by atoms with Crippen LogP contribution in [0.2, 0.25) is 0 Å². The van der Waals surface area contributed by atoms with Gasteiger partial charge >= 0.3 is 0 Å². The fourth-order valence-corrected chi connectivity index (χ4v) is 2.01. The quantitative estimate of drug-likeness (QED) is 0.485. The number of hydrogen-bond donors (Lipinski definition) is 2. The summed E-state index contributed by atoms with van der Waals surface area (Å²) in [7, 11) is 0. The van der Waals surface area contributed by atoms with Crippen molar-refractivity contribution in [3.05, 3.63) is 72.3 Å². The van der Waals surface area contributed by atoms with E-state index in [1.54, 1.807) is 24.3 Å². The molecule has 0 fully saturated rings. The fraction of sp³-hybridized carbons (Fsp3) is 0.105. The maximum atomic E-state index is 12.0. The molecular weight excluding hydrogens is 288 g/mol. The minimum Gasteiger partial charge on any atom is -0.487 e. The van der Waals surface area contributed by atoms with Gasteiger partial charge in [0.05, 0.1) is 5.69 Å². The molecule has 0 saturated heterocycles. The SMILES string of the molecule is C=CCOc1ccc(/C=C\C(=O)Nc2ccccc2C)cc1N. The van der Waals surface area contributed by atoms with Crippen LogP contribution in [0.15, 0.2) is 61.2 Å². The van der Waals surface area contributed by atoms with Gasteiger partial charge in [0.2, 0.25) is 5.91 Å². The molecule has 0 aromatic heterocycles. The molecule has 0 unspecified atom stereocenters. The maximum Gasteiger partial charge on any atom is 0.248 e. The molecule has 2 aromatic rings. The zero-order valence-electron chi connectivity index (χ0n) is 13.1. The molecule has 4 nitrogen and oxygen atoms in total. The Morgan fingerprint density at radius 3 is 2.78 bits per heavy atom. The number of ether oxygens (including phenoxy) is 1. The highest BCUT2D eigenvalue weighted by Crippen LogP contribution is 2.23. The first-order chi connectivity index (χ1) is 11.1. The summed E-state index contributed by atoms with van der Waals surface area (Å²) in [6.45, 7) is 5.94. The number of carbonyl (C=O) groups is 1. The molecule has 23 heavy (non-hydrogen) atoms. The Bertz CT molecular complexity index is 736. The maximum absolute atomic E-state index is 12.0. The molecule has 2 rings (SSSR count).